The topological polar surface area (TPSA) is 12.0 Å². The van der Waals surface area contributed by atoms with Crippen molar-refractivity contribution in [3.8, 4) is 0 Å². The zero-order chi connectivity index (χ0) is 10.3. The molecule has 0 aromatic heterocycles. The molecule has 1 fully saturated rings. The molecule has 1 nitrogen and oxygen atoms in total. The molecule has 2 rings (SSSR count). The van der Waals surface area contributed by atoms with E-state index in [0.29, 0.717) is 0 Å². The summed E-state index contributed by atoms with van der Waals surface area (Å²) in [6, 6.07) is 0.776. The summed E-state index contributed by atoms with van der Waals surface area (Å²) in [5, 5.41) is 3.77. The predicted octanol–water partition coefficient (Wildman–Crippen LogP) is 3.66. The van der Waals surface area contributed by atoms with E-state index < -0.39 is 0 Å². The first-order valence-corrected chi connectivity index (χ1v) is 6.83. The number of hydrogen-bond donors (Lipinski definition) is 1. The summed E-state index contributed by atoms with van der Waals surface area (Å²) in [6.07, 6.45) is 17.4. The van der Waals surface area contributed by atoms with Crippen LogP contribution in [0, 0.1) is 5.92 Å². The summed E-state index contributed by atoms with van der Waals surface area (Å²) in [7, 11) is 0. The summed E-state index contributed by atoms with van der Waals surface area (Å²) in [5.41, 5.74) is 0. The number of nitrogens with one attached hydrogen (secondary N) is 1. The molecule has 0 bridgehead atoms. The van der Waals surface area contributed by atoms with Crippen LogP contribution in [-0.2, 0) is 0 Å². The minimum atomic E-state index is 0.776. The molecular weight excluding hydrogens is 182 g/mol. The lowest BCUT2D eigenvalue weighted by molar-refractivity contribution is 0.378. The minimum absolute atomic E-state index is 0.776. The summed E-state index contributed by atoms with van der Waals surface area (Å²) >= 11 is 0. The van der Waals surface area contributed by atoms with E-state index in [1.165, 1.54) is 64.3 Å². The highest BCUT2D eigenvalue weighted by Gasteiger charge is 2.14. The lowest BCUT2D eigenvalue weighted by Crippen LogP contribution is -2.33. The second-order valence-corrected chi connectivity index (χ2v) is 5.25. The Morgan fingerprint density at radius 2 is 1.73 bits per heavy atom. The van der Waals surface area contributed by atoms with Gasteiger partial charge in [0.05, 0.1) is 0 Å². The average molecular weight is 207 g/mol. The van der Waals surface area contributed by atoms with Crippen LogP contribution in [0.25, 0.3) is 0 Å². The Kier molecular flexibility index (Phi) is 4.72. The Bertz CT molecular complexity index is 190. The third-order valence-corrected chi connectivity index (χ3v) is 3.94. The fraction of sp³-hybridized carbons (Fsp3) is 0.857. The molecule has 0 heterocycles. The quantitative estimate of drug-likeness (QED) is 0.550. The van der Waals surface area contributed by atoms with Crippen LogP contribution < -0.4 is 5.32 Å². The molecule has 1 saturated carbocycles. The zero-order valence-electron chi connectivity index (χ0n) is 9.88. The van der Waals surface area contributed by atoms with Crippen molar-refractivity contribution >= 4 is 0 Å². The molecule has 0 aromatic rings. The van der Waals surface area contributed by atoms with Crippen LogP contribution in [-0.4, -0.2) is 12.6 Å². The van der Waals surface area contributed by atoms with Gasteiger partial charge in [-0.25, -0.2) is 0 Å². The van der Waals surface area contributed by atoms with Gasteiger partial charge in [0.15, 0.2) is 0 Å². The van der Waals surface area contributed by atoms with Crippen LogP contribution >= 0.6 is 0 Å². The smallest absolute Gasteiger partial charge is 0.0105 e. The van der Waals surface area contributed by atoms with E-state index in [2.05, 4.69) is 17.5 Å². The summed E-state index contributed by atoms with van der Waals surface area (Å²) in [4.78, 5) is 0. The van der Waals surface area contributed by atoms with Gasteiger partial charge in [-0.2, -0.15) is 0 Å². The SMILES string of the molecule is C1=CCC(NCC2CCCCCC2)CC1. The van der Waals surface area contributed by atoms with E-state index >= 15 is 0 Å². The van der Waals surface area contributed by atoms with Crippen LogP contribution in [0.4, 0.5) is 0 Å². The molecule has 0 saturated heterocycles. The minimum Gasteiger partial charge on any atom is -0.313 e. The maximum absolute atomic E-state index is 3.77. The molecule has 0 spiro atoms. The molecule has 1 heteroatoms. The highest BCUT2D eigenvalue weighted by Crippen LogP contribution is 2.22. The normalized spacial score (nSPS) is 28.9. The van der Waals surface area contributed by atoms with E-state index in [0.717, 1.165) is 12.0 Å². The molecule has 2 aliphatic rings. The van der Waals surface area contributed by atoms with Crippen LogP contribution in [0.5, 0.6) is 0 Å². The molecule has 1 atom stereocenters. The van der Waals surface area contributed by atoms with Crippen LogP contribution in [0.3, 0.4) is 0 Å². The zero-order valence-corrected chi connectivity index (χ0v) is 9.88. The van der Waals surface area contributed by atoms with Crippen LogP contribution in [0.2, 0.25) is 0 Å². The van der Waals surface area contributed by atoms with E-state index in [4.69, 9.17) is 0 Å². The Hall–Kier alpha value is -0.300. The van der Waals surface area contributed by atoms with Crippen molar-refractivity contribution in [1.82, 2.24) is 5.32 Å². The van der Waals surface area contributed by atoms with E-state index in [1.54, 1.807) is 0 Å². The van der Waals surface area contributed by atoms with Crippen molar-refractivity contribution in [2.75, 3.05) is 6.54 Å². The third kappa shape index (κ3) is 3.98. The molecule has 15 heavy (non-hydrogen) atoms. The van der Waals surface area contributed by atoms with Crippen molar-refractivity contribution in [2.24, 2.45) is 5.92 Å². The number of rotatable bonds is 3. The van der Waals surface area contributed by atoms with Crippen molar-refractivity contribution in [1.29, 1.82) is 0 Å². The maximum atomic E-state index is 3.77. The first-order valence-electron chi connectivity index (χ1n) is 6.83. The van der Waals surface area contributed by atoms with Gasteiger partial charge in [-0.05, 0) is 44.6 Å². The highest BCUT2D eigenvalue weighted by atomic mass is 14.9. The molecule has 0 radical (unpaired) electrons. The molecule has 86 valence electrons. The van der Waals surface area contributed by atoms with E-state index in [1.807, 2.05) is 0 Å². The molecule has 0 aromatic carbocycles. The lowest BCUT2D eigenvalue weighted by atomic mass is 9.97. The van der Waals surface area contributed by atoms with Crippen molar-refractivity contribution in [2.45, 2.75) is 63.8 Å². The predicted molar refractivity (Wildman–Crippen MR) is 66.0 cm³/mol. The number of allylic oxidation sites excluding steroid dienone is 1. The monoisotopic (exact) mass is 207 g/mol. The highest BCUT2D eigenvalue weighted by molar-refractivity contribution is 4.93. The van der Waals surface area contributed by atoms with Gasteiger partial charge in [0, 0.05) is 6.04 Å². The van der Waals surface area contributed by atoms with Gasteiger partial charge in [-0.1, -0.05) is 37.8 Å². The van der Waals surface area contributed by atoms with Gasteiger partial charge in [-0.15, -0.1) is 0 Å². The molecular formula is C14H25N. The van der Waals surface area contributed by atoms with E-state index in [9.17, 15) is 0 Å². The molecule has 1 N–H and O–H groups in total. The second-order valence-electron chi connectivity index (χ2n) is 5.25. The Balaban J connectivity index is 1.65. The van der Waals surface area contributed by atoms with Crippen LogP contribution in [0.15, 0.2) is 12.2 Å². The van der Waals surface area contributed by atoms with Gasteiger partial charge in [0.25, 0.3) is 0 Å². The summed E-state index contributed by atoms with van der Waals surface area (Å²) in [5.74, 6) is 0.971. The Morgan fingerprint density at radius 3 is 2.40 bits per heavy atom. The lowest BCUT2D eigenvalue weighted by Gasteiger charge is -2.23. The van der Waals surface area contributed by atoms with Crippen molar-refractivity contribution in [3.63, 3.8) is 0 Å². The third-order valence-electron chi connectivity index (χ3n) is 3.94. The van der Waals surface area contributed by atoms with Gasteiger partial charge in [0.2, 0.25) is 0 Å². The first-order chi connectivity index (χ1) is 7.45. The Morgan fingerprint density at radius 1 is 0.933 bits per heavy atom. The molecule has 1 unspecified atom stereocenters. The largest absolute Gasteiger partial charge is 0.313 e. The Labute approximate surface area is 94.3 Å². The van der Waals surface area contributed by atoms with Gasteiger partial charge < -0.3 is 5.32 Å². The second kappa shape index (κ2) is 6.32. The summed E-state index contributed by atoms with van der Waals surface area (Å²) < 4.78 is 0. The molecule has 0 amide bonds. The average Bonchev–Trinajstić information content (AvgIpc) is 2.56. The summed E-state index contributed by atoms with van der Waals surface area (Å²) in [6.45, 7) is 1.28. The van der Waals surface area contributed by atoms with Crippen molar-refractivity contribution in [3.05, 3.63) is 12.2 Å². The van der Waals surface area contributed by atoms with Crippen molar-refractivity contribution < 1.29 is 0 Å². The van der Waals surface area contributed by atoms with Crippen LogP contribution in [0.1, 0.15) is 57.8 Å². The molecule has 0 aliphatic heterocycles. The first kappa shape index (κ1) is 11.2. The molecule has 2 aliphatic carbocycles. The van der Waals surface area contributed by atoms with Gasteiger partial charge >= 0.3 is 0 Å². The van der Waals surface area contributed by atoms with E-state index in [-0.39, 0.29) is 0 Å². The maximum Gasteiger partial charge on any atom is 0.0105 e. The fourth-order valence-corrected chi connectivity index (χ4v) is 2.88. The standard InChI is InChI=1S/C14H25N/c1-2-5-9-13(8-4-1)12-15-14-10-6-3-7-11-14/h3,6,13-15H,1-2,4-5,7-12H2. The van der Waals surface area contributed by atoms with Gasteiger partial charge in [-0.3, -0.25) is 0 Å². The van der Waals surface area contributed by atoms with Gasteiger partial charge in [0.1, 0.15) is 0 Å². The number of hydrogen-bond acceptors (Lipinski definition) is 1. The fourth-order valence-electron chi connectivity index (χ4n) is 2.88.